The average Bonchev–Trinajstić information content (AvgIpc) is 2.33. The Morgan fingerprint density at radius 3 is 2.47 bits per heavy atom. The molecule has 0 amide bonds. The van der Waals surface area contributed by atoms with Gasteiger partial charge in [0.1, 0.15) is 11.9 Å². The van der Waals surface area contributed by atoms with E-state index in [0.29, 0.717) is 23.3 Å². The van der Waals surface area contributed by atoms with Crippen molar-refractivity contribution < 1.29 is 23.8 Å². The Hall–Kier alpha value is -2.04. The SMILES string of the molecule is COc1ccc(C=O)cc1OCC(=O)OC(C)(C)C. The number of hydrogen-bond donors (Lipinski definition) is 0. The van der Waals surface area contributed by atoms with Crippen LogP contribution in [0.3, 0.4) is 0 Å². The van der Waals surface area contributed by atoms with Crippen LogP contribution in [-0.2, 0) is 9.53 Å². The first-order chi connectivity index (χ1) is 8.85. The predicted octanol–water partition coefficient (Wildman–Crippen LogP) is 2.23. The predicted molar refractivity (Wildman–Crippen MR) is 69.7 cm³/mol. The number of ether oxygens (including phenoxy) is 3. The van der Waals surface area contributed by atoms with E-state index in [1.807, 2.05) is 0 Å². The molecule has 104 valence electrons. The molecule has 0 aliphatic carbocycles. The van der Waals surface area contributed by atoms with Crippen LogP contribution in [0, 0.1) is 0 Å². The zero-order chi connectivity index (χ0) is 14.5. The van der Waals surface area contributed by atoms with Gasteiger partial charge in [-0.3, -0.25) is 4.79 Å². The average molecular weight is 266 g/mol. The summed E-state index contributed by atoms with van der Waals surface area (Å²) in [4.78, 5) is 22.2. The molecule has 1 aromatic carbocycles. The molecule has 0 spiro atoms. The van der Waals surface area contributed by atoms with E-state index in [4.69, 9.17) is 14.2 Å². The molecule has 0 saturated carbocycles. The Kier molecular flexibility index (Phi) is 4.92. The van der Waals surface area contributed by atoms with E-state index in [9.17, 15) is 9.59 Å². The molecule has 1 rings (SSSR count). The van der Waals surface area contributed by atoms with Crippen molar-refractivity contribution in [3.05, 3.63) is 23.8 Å². The van der Waals surface area contributed by atoms with E-state index in [1.165, 1.54) is 13.2 Å². The van der Waals surface area contributed by atoms with Crippen molar-refractivity contribution in [1.29, 1.82) is 0 Å². The Bertz CT molecular complexity index is 459. The molecule has 0 unspecified atom stereocenters. The van der Waals surface area contributed by atoms with Gasteiger partial charge in [0.25, 0.3) is 0 Å². The van der Waals surface area contributed by atoms with Crippen molar-refractivity contribution in [2.45, 2.75) is 26.4 Å². The lowest BCUT2D eigenvalue weighted by atomic mass is 10.2. The highest BCUT2D eigenvalue weighted by molar-refractivity contribution is 5.76. The van der Waals surface area contributed by atoms with Crippen molar-refractivity contribution in [1.82, 2.24) is 0 Å². The first-order valence-electron chi connectivity index (χ1n) is 5.83. The van der Waals surface area contributed by atoms with Crippen molar-refractivity contribution >= 4 is 12.3 Å². The fourth-order valence-electron chi connectivity index (χ4n) is 1.39. The summed E-state index contributed by atoms with van der Waals surface area (Å²) in [5, 5.41) is 0. The van der Waals surface area contributed by atoms with E-state index < -0.39 is 11.6 Å². The van der Waals surface area contributed by atoms with Crippen LogP contribution in [0.1, 0.15) is 31.1 Å². The number of aldehydes is 1. The maximum Gasteiger partial charge on any atom is 0.344 e. The molecule has 0 aliphatic rings. The summed E-state index contributed by atoms with van der Waals surface area (Å²) in [6.07, 6.45) is 0.694. The van der Waals surface area contributed by atoms with E-state index in [2.05, 4.69) is 0 Å². The number of carbonyl (C=O) groups excluding carboxylic acids is 2. The van der Waals surface area contributed by atoms with Gasteiger partial charge in [0.2, 0.25) is 0 Å². The third kappa shape index (κ3) is 4.99. The number of esters is 1. The molecule has 1 aromatic rings. The molecular weight excluding hydrogens is 248 g/mol. The van der Waals surface area contributed by atoms with Crippen LogP contribution >= 0.6 is 0 Å². The molecule has 0 N–H and O–H groups in total. The number of benzene rings is 1. The summed E-state index contributed by atoms with van der Waals surface area (Å²) in [6.45, 7) is 5.09. The minimum Gasteiger partial charge on any atom is -0.493 e. The molecule has 0 heterocycles. The first kappa shape index (κ1) is 15.0. The number of carbonyl (C=O) groups is 2. The van der Waals surface area contributed by atoms with E-state index in [-0.39, 0.29) is 6.61 Å². The minimum atomic E-state index is -0.560. The summed E-state index contributed by atoms with van der Waals surface area (Å²) in [5.74, 6) is 0.304. The summed E-state index contributed by atoms with van der Waals surface area (Å²) in [7, 11) is 1.48. The summed E-state index contributed by atoms with van der Waals surface area (Å²) < 4.78 is 15.5. The largest absolute Gasteiger partial charge is 0.493 e. The highest BCUT2D eigenvalue weighted by atomic mass is 16.6. The molecule has 0 aromatic heterocycles. The lowest BCUT2D eigenvalue weighted by molar-refractivity contribution is -0.157. The van der Waals surface area contributed by atoms with E-state index >= 15 is 0 Å². The number of rotatable bonds is 5. The van der Waals surface area contributed by atoms with Crippen LogP contribution in [0.15, 0.2) is 18.2 Å². The van der Waals surface area contributed by atoms with Crippen LogP contribution in [-0.4, -0.2) is 31.6 Å². The highest BCUT2D eigenvalue weighted by Crippen LogP contribution is 2.27. The second-order valence-corrected chi connectivity index (χ2v) is 4.90. The molecular formula is C14H18O5. The normalized spacial score (nSPS) is 10.7. The molecule has 0 aliphatic heterocycles. The maximum absolute atomic E-state index is 11.5. The van der Waals surface area contributed by atoms with Gasteiger partial charge in [-0.15, -0.1) is 0 Å². The Morgan fingerprint density at radius 2 is 1.95 bits per heavy atom. The summed E-state index contributed by atoms with van der Waals surface area (Å²) in [5.41, 5.74) is -0.116. The molecule has 5 nitrogen and oxygen atoms in total. The Morgan fingerprint density at radius 1 is 1.26 bits per heavy atom. The fraction of sp³-hybridized carbons (Fsp3) is 0.429. The second kappa shape index (κ2) is 6.22. The van der Waals surface area contributed by atoms with Gasteiger partial charge < -0.3 is 14.2 Å². The fourth-order valence-corrected chi connectivity index (χ4v) is 1.39. The summed E-state index contributed by atoms with van der Waals surface area (Å²) in [6, 6.07) is 4.72. The number of hydrogen-bond acceptors (Lipinski definition) is 5. The van der Waals surface area contributed by atoms with Gasteiger partial charge in [0, 0.05) is 5.56 Å². The third-order valence-electron chi connectivity index (χ3n) is 2.09. The van der Waals surface area contributed by atoms with E-state index in [0.717, 1.165) is 0 Å². The molecule has 0 fully saturated rings. The van der Waals surface area contributed by atoms with Gasteiger partial charge >= 0.3 is 5.97 Å². The Labute approximate surface area is 112 Å². The zero-order valence-electron chi connectivity index (χ0n) is 11.6. The van der Waals surface area contributed by atoms with Gasteiger partial charge in [-0.25, -0.2) is 4.79 Å². The van der Waals surface area contributed by atoms with Gasteiger partial charge in [-0.2, -0.15) is 0 Å². The lowest BCUT2D eigenvalue weighted by Crippen LogP contribution is -2.27. The minimum absolute atomic E-state index is 0.240. The molecule has 0 bridgehead atoms. The molecule has 0 saturated heterocycles. The van der Waals surface area contributed by atoms with Gasteiger partial charge in [-0.05, 0) is 39.0 Å². The van der Waals surface area contributed by atoms with Crippen molar-refractivity contribution in [2.24, 2.45) is 0 Å². The van der Waals surface area contributed by atoms with Crippen molar-refractivity contribution in [2.75, 3.05) is 13.7 Å². The van der Waals surface area contributed by atoms with Crippen LogP contribution in [0.2, 0.25) is 0 Å². The highest BCUT2D eigenvalue weighted by Gasteiger charge is 2.17. The van der Waals surface area contributed by atoms with Crippen LogP contribution in [0.4, 0.5) is 0 Å². The quantitative estimate of drug-likeness (QED) is 0.604. The smallest absolute Gasteiger partial charge is 0.344 e. The maximum atomic E-state index is 11.5. The van der Waals surface area contributed by atoms with E-state index in [1.54, 1.807) is 32.9 Å². The molecule has 0 radical (unpaired) electrons. The third-order valence-corrected chi connectivity index (χ3v) is 2.09. The van der Waals surface area contributed by atoms with Gasteiger partial charge in [0.05, 0.1) is 7.11 Å². The number of methoxy groups -OCH3 is 1. The van der Waals surface area contributed by atoms with Gasteiger partial charge in [-0.1, -0.05) is 0 Å². The van der Waals surface area contributed by atoms with Crippen LogP contribution < -0.4 is 9.47 Å². The Balaban J connectivity index is 2.71. The van der Waals surface area contributed by atoms with Crippen LogP contribution in [0.25, 0.3) is 0 Å². The van der Waals surface area contributed by atoms with Crippen molar-refractivity contribution in [3.63, 3.8) is 0 Å². The van der Waals surface area contributed by atoms with Crippen molar-refractivity contribution in [3.8, 4) is 11.5 Å². The van der Waals surface area contributed by atoms with Crippen LogP contribution in [0.5, 0.6) is 11.5 Å². The lowest BCUT2D eigenvalue weighted by Gasteiger charge is -2.19. The summed E-state index contributed by atoms with van der Waals surface area (Å²) >= 11 is 0. The molecule has 0 atom stereocenters. The zero-order valence-corrected chi connectivity index (χ0v) is 11.6. The molecule has 5 heteroatoms. The molecule has 19 heavy (non-hydrogen) atoms. The standard InChI is InChI=1S/C14H18O5/c1-14(2,3)19-13(16)9-18-12-7-10(8-15)5-6-11(12)17-4/h5-8H,9H2,1-4H3. The first-order valence-corrected chi connectivity index (χ1v) is 5.83. The van der Waals surface area contributed by atoms with Gasteiger partial charge in [0.15, 0.2) is 18.1 Å². The topological polar surface area (TPSA) is 61.8 Å². The monoisotopic (exact) mass is 266 g/mol. The second-order valence-electron chi connectivity index (χ2n) is 4.90.